The summed E-state index contributed by atoms with van der Waals surface area (Å²) >= 11 is 0. The number of anilines is 2. The number of methoxy groups -OCH3 is 2. The molecule has 0 bridgehead atoms. The number of ether oxygens (including phenoxy) is 2. The molecule has 0 aliphatic carbocycles. The van der Waals surface area contributed by atoms with Crippen LogP contribution in [0.5, 0.6) is 11.5 Å². The lowest BCUT2D eigenvalue weighted by Gasteiger charge is -2.32. The summed E-state index contributed by atoms with van der Waals surface area (Å²) in [6.45, 7) is 2.12. The maximum atomic E-state index is 12.7. The van der Waals surface area contributed by atoms with Crippen molar-refractivity contribution in [3.8, 4) is 11.5 Å². The number of benzene rings is 1. The smallest absolute Gasteiger partial charge is 0.255 e. The van der Waals surface area contributed by atoms with Gasteiger partial charge in [0.25, 0.3) is 5.91 Å². The standard InChI is InChI=1S/C19H22N4O4/c1-26-16-3-4-17(18(10-16)27-2)21-15-9-14(11-20-12-15)19(25)23-7-5-22(13-24)6-8-23/h3-4,9-13,21H,5-8H2,1-2H3. The fourth-order valence-electron chi connectivity index (χ4n) is 2.90. The van der Waals surface area contributed by atoms with Crippen LogP contribution in [-0.4, -0.2) is 67.5 Å². The summed E-state index contributed by atoms with van der Waals surface area (Å²) in [4.78, 5) is 31.1. The van der Waals surface area contributed by atoms with E-state index in [0.29, 0.717) is 48.9 Å². The highest BCUT2D eigenvalue weighted by Crippen LogP contribution is 2.31. The first-order chi connectivity index (χ1) is 13.1. The molecule has 1 fully saturated rings. The van der Waals surface area contributed by atoms with E-state index in [1.807, 2.05) is 12.1 Å². The van der Waals surface area contributed by atoms with Crippen molar-refractivity contribution in [3.05, 3.63) is 42.2 Å². The van der Waals surface area contributed by atoms with Crippen molar-refractivity contribution in [3.63, 3.8) is 0 Å². The van der Waals surface area contributed by atoms with Gasteiger partial charge in [0.1, 0.15) is 11.5 Å². The minimum Gasteiger partial charge on any atom is -0.497 e. The number of pyridine rings is 1. The highest BCUT2D eigenvalue weighted by molar-refractivity contribution is 5.95. The zero-order chi connectivity index (χ0) is 19.2. The maximum Gasteiger partial charge on any atom is 0.255 e. The van der Waals surface area contributed by atoms with Crippen molar-refractivity contribution in [2.45, 2.75) is 0 Å². The first-order valence-electron chi connectivity index (χ1n) is 8.57. The van der Waals surface area contributed by atoms with E-state index >= 15 is 0 Å². The van der Waals surface area contributed by atoms with Gasteiger partial charge in [-0.25, -0.2) is 0 Å². The summed E-state index contributed by atoms with van der Waals surface area (Å²) in [5.74, 6) is 1.21. The maximum absolute atomic E-state index is 12.7. The number of rotatable bonds is 6. The van der Waals surface area contributed by atoms with Gasteiger partial charge in [0.2, 0.25) is 6.41 Å². The number of amides is 2. The summed E-state index contributed by atoms with van der Waals surface area (Å²) in [6.07, 6.45) is 4.01. The fraction of sp³-hybridized carbons (Fsp3) is 0.316. The Bertz CT molecular complexity index is 819. The number of carbonyl (C=O) groups is 2. The quantitative estimate of drug-likeness (QED) is 0.780. The zero-order valence-electron chi connectivity index (χ0n) is 15.3. The minimum absolute atomic E-state index is 0.0987. The molecule has 0 spiro atoms. The summed E-state index contributed by atoms with van der Waals surface area (Å²) in [6, 6.07) is 7.19. The van der Waals surface area contributed by atoms with Crippen LogP contribution >= 0.6 is 0 Å². The van der Waals surface area contributed by atoms with Gasteiger partial charge in [0, 0.05) is 38.4 Å². The van der Waals surface area contributed by atoms with E-state index < -0.39 is 0 Å². The van der Waals surface area contributed by atoms with E-state index in [9.17, 15) is 9.59 Å². The monoisotopic (exact) mass is 370 g/mol. The van der Waals surface area contributed by atoms with Gasteiger partial charge in [0.15, 0.2) is 0 Å². The number of aromatic nitrogens is 1. The average Bonchev–Trinajstić information content (AvgIpc) is 2.73. The third kappa shape index (κ3) is 4.28. The molecule has 1 aromatic carbocycles. The van der Waals surface area contributed by atoms with E-state index in [1.165, 1.54) is 0 Å². The van der Waals surface area contributed by atoms with E-state index in [4.69, 9.17) is 9.47 Å². The van der Waals surface area contributed by atoms with Crippen LogP contribution in [0.1, 0.15) is 10.4 Å². The third-order valence-corrected chi connectivity index (χ3v) is 4.42. The van der Waals surface area contributed by atoms with Crippen molar-refractivity contribution < 1.29 is 19.1 Å². The summed E-state index contributed by atoms with van der Waals surface area (Å²) in [5, 5.41) is 3.22. The molecule has 1 aliphatic rings. The third-order valence-electron chi connectivity index (χ3n) is 4.42. The van der Waals surface area contributed by atoms with Crippen molar-refractivity contribution in [1.82, 2.24) is 14.8 Å². The molecule has 8 heteroatoms. The second-order valence-corrected chi connectivity index (χ2v) is 6.09. The van der Waals surface area contributed by atoms with E-state index in [1.54, 1.807) is 48.5 Å². The normalized spacial score (nSPS) is 13.9. The summed E-state index contributed by atoms with van der Waals surface area (Å²) in [5.41, 5.74) is 1.91. The average molecular weight is 370 g/mol. The molecular formula is C19H22N4O4. The number of hydrogen-bond acceptors (Lipinski definition) is 6. The van der Waals surface area contributed by atoms with Crippen molar-refractivity contribution in [2.75, 3.05) is 45.7 Å². The molecule has 142 valence electrons. The van der Waals surface area contributed by atoms with Gasteiger partial charge in [-0.2, -0.15) is 0 Å². The molecule has 2 heterocycles. The van der Waals surface area contributed by atoms with Gasteiger partial charge in [-0.1, -0.05) is 0 Å². The van der Waals surface area contributed by atoms with Gasteiger partial charge in [0.05, 0.1) is 37.4 Å². The Morgan fingerprint density at radius 2 is 1.89 bits per heavy atom. The highest BCUT2D eigenvalue weighted by atomic mass is 16.5. The Morgan fingerprint density at radius 3 is 2.56 bits per heavy atom. The first-order valence-corrected chi connectivity index (χ1v) is 8.57. The van der Waals surface area contributed by atoms with Crippen molar-refractivity contribution in [2.24, 2.45) is 0 Å². The molecule has 0 unspecified atom stereocenters. The molecule has 0 atom stereocenters. The van der Waals surface area contributed by atoms with Crippen LogP contribution in [0.3, 0.4) is 0 Å². The minimum atomic E-state index is -0.0987. The molecule has 1 saturated heterocycles. The van der Waals surface area contributed by atoms with Crippen LogP contribution in [0.15, 0.2) is 36.7 Å². The Balaban J connectivity index is 1.74. The summed E-state index contributed by atoms with van der Waals surface area (Å²) < 4.78 is 10.6. The number of carbonyl (C=O) groups excluding carboxylic acids is 2. The molecule has 2 amide bonds. The van der Waals surface area contributed by atoms with Gasteiger partial charge >= 0.3 is 0 Å². The van der Waals surface area contributed by atoms with Crippen LogP contribution in [0.2, 0.25) is 0 Å². The molecular weight excluding hydrogens is 348 g/mol. The molecule has 0 saturated carbocycles. The topological polar surface area (TPSA) is 84.0 Å². The Hall–Kier alpha value is -3.29. The Labute approximate surface area is 157 Å². The molecule has 1 aliphatic heterocycles. The first kappa shape index (κ1) is 18.5. The SMILES string of the molecule is COc1ccc(Nc2cncc(C(=O)N3CCN(C=O)CC3)c2)c(OC)c1. The predicted octanol–water partition coefficient (Wildman–Crippen LogP) is 1.76. The number of hydrogen-bond donors (Lipinski definition) is 1. The number of nitrogens with zero attached hydrogens (tertiary/aromatic N) is 3. The van der Waals surface area contributed by atoms with Gasteiger partial charge < -0.3 is 24.6 Å². The fourth-order valence-corrected chi connectivity index (χ4v) is 2.90. The lowest BCUT2D eigenvalue weighted by atomic mass is 10.2. The molecule has 1 N–H and O–H groups in total. The second-order valence-electron chi connectivity index (χ2n) is 6.09. The van der Waals surface area contributed by atoms with E-state index in [0.717, 1.165) is 12.1 Å². The van der Waals surface area contributed by atoms with Crippen LogP contribution in [-0.2, 0) is 4.79 Å². The van der Waals surface area contributed by atoms with Crippen LogP contribution in [0, 0.1) is 0 Å². The Morgan fingerprint density at radius 1 is 1.11 bits per heavy atom. The molecule has 0 radical (unpaired) electrons. The number of nitrogens with one attached hydrogen (secondary N) is 1. The number of piperazine rings is 1. The molecule has 27 heavy (non-hydrogen) atoms. The lowest BCUT2D eigenvalue weighted by Crippen LogP contribution is -2.48. The molecule has 1 aromatic heterocycles. The second kappa shape index (κ2) is 8.39. The Kier molecular flexibility index (Phi) is 5.75. The predicted molar refractivity (Wildman–Crippen MR) is 101 cm³/mol. The zero-order valence-corrected chi connectivity index (χ0v) is 15.3. The highest BCUT2D eigenvalue weighted by Gasteiger charge is 2.21. The molecule has 3 rings (SSSR count). The van der Waals surface area contributed by atoms with Gasteiger partial charge in [-0.3, -0.25) is 14.6 Å². The van der Waals surface area contributed by atoms with Gasteiger partial charge in [-0.05, 0) is 18.2 Å². The van der Waals surface area contributed by atoms with E-state index in [2.05, 4.69) is 10.3 Å². The van der Waals surface area contributed by atoms with Gasteiger partial charge in [-0.15, -0.1) is 0 Å². The largest absolute Gasteiger partial charge is 0.497 e. The summed E-state index contributed by atoms with van der Waals surface area (Å²) in [7, 11) is 3.17. The van der Waals surface area contributed by atoms with Crippen LogP contribution < -0.4 is 14.8 Å². The van der Waals surface area contributed by atoms with Crippen LogP contribution in [0.4, 0.5) is 11.4 Å². The van der Waals surface area contributed by atoms with Crippen LogP contribution in [0.25, 0.3) is 0 Å². The van der Waals surface area contributed by atoms with Crippen molar-refractivity contribution in [1.29, 1.82) is 0 Å². The molecule has 2 aromatic rings. The van der Waals surface area contributed by atoms with Crippen molar-refractivity contribution >= 4 is 23.7 Å². The lowest BCUT2D eigenvalue weighted by molar-refractivity contribution is -0.119. The molecule has 8 nitrogen and oxygen atoms in total. The van der Waals surface area contributed by atoms with E-state index in [-0.39, 0.29) is 5.91 Å².